The Bertz CT molecular complexity index is 656. The molecule has 0 saturated carbocycles. The Morgan fingerprint density at radius 3 is 2.77 bits per heavy atom. The molecule has 0 unspecified atom stereocenters. The fraction of sp³-hybridized carbons (Fsp3) is 0.619. The molecular formula is C21H28N2O3. The molecule has 0 bridgehead atoms. The minimum Gasteiger partial charge on any atom is -0.381 e. The van der Waals surface area contributed by atoms with E-state index in [-0.39, 0.29) is 23.3 Å². The minimum absolute atomic E-state index is 0.0367. The molecule has 5 heteroatoms. The van der Waals surface area contributed by atoms with Crippen molar-refractivity contribution in [2.75, 3.05) is 26.3 Å². The van der Waals surface area contributed by atoms with E-state index in [2.05, 4.69) is 17.0 Å². The summed E-state index contributed by atoms with van der Waals surface area (Å²) in [5.74, 6) is 0.547. The highest BCUT2D eigenvalue weighted by atomic mass is 16.5. The van der Waals surface area contributed by atoms with Gasteiger partial charge in [0.25, 0.3) is 0 Å². The van der Waals surface area contributed by atoms with Gasteiger partial charge in [0.05, 0.1) is 12.5 Å². The van der Waals surface area contributed by atoms with E-state index < -0.39 is 0 Å². The Labute approximate surface area is 155 Å². The molecule has 3 aliphatic rings. The number of hydrogen-bond donors (Lipinski definition) is 0. The maximum absolute atomic E-state index is 12.8. The van der Waals surface area contributed by atoms with Gasteiger partial charge in [0.1, 0.15) is 0 Å². The molecule has 3 heterocycles. The molecule has 2 amide bonds. The highest BCUT2D eigenvalue weighted by Gasteiger charge is 2.46. The van der Waals surface area contributed by atoms with E-state index in [0.717, 1.165) is 45.2 Å². The zero-order chi connectivity index (χ0) is 18.0. The van der Waals surface area contributed by atoms with Crippen molar-refractivity contribution in [3.8, 4) is 0 Å². The molecule has 5 nitrogen and oxygen atoms in total. The molecule has 0 aromatic heterocycles. The Hall–Kier alpha value is -1.88. The maximum Gasteiger partial charge on any atom is 0.228 e. The van der Waals surface area contributed by atoms with Gasteiger partial charge in [-0.2, -0.15) is 0 Å². The predicted octanol–water partition coefficient (Wildman–Crippen LogP) is 2.60. The van der Waals surface area contributed by atoms with Crippen LogP contribution < -0.4 is 0 Å². The summed E-state index contributed by atoms with van der Waals surface area (Å²) >= 11 is 0. The molecule has 2 atom stereocenters. The number of ether oxygens (including phenoxy) is 1. The fourth-order valence-corrected chi connectivity index (χ4v) is 4.80. The lowest BCUT2D eigenvalue weighted by atomic mass is 9.87. The lowest BCUT2D eigenvalue weighted by Crippen LogP contribution is -2.46. The zero-order valence-corrected chi connectivity index (χ0v) is 15.4. The van der Waals surface area contributed by atoms with Gasteiger partial charge in [0.2, 0.25) is 11.8 Å². The van der Waals surface area contributed by atoms with Crippen molar-refractivity contribution in [2.45, 2.75) is 50.6 Å². The van der Waals surface area contributed by atoms with Crippen molar-refractivity contribution in [3.05, 3.63) is 35.9 Å². The van der Waals surface area contributed by atoms with E-state index in [1.54, 1.807) is 0 Å². The zero-order valence-electron chi connectivity index (χ0n) is 15.4. The second-order valence-corrected chi connectivity index (χ2v) is 7.93. The quantitative estimate of drug-likeness (QED) is 0.836. The average molecular weight is 356 g/mol. The van der Waals surface area contributed by atoms with E-state index in [9.17, 15) is 9.59 Å². The molecule has 140 valence electrons. The summed E-state index contributed by atoms with van der Waals surface area (Å²) in [6.07, 6.45) is 5.27. The average Bonchev–Trinajstić information content (AvgIpc) is 3.23. The molecule has 0 radical (unpaired) electrons. The Morgan fingerprint density at radius 2 is 2.00 bits per heavy atom. The largest absolute Gasteiger partial charge is 0.381 e. The summed E-state index contributed by atoms with van der Waals surface area (Å²) in [5.41, 5.74) is 1.11. The summed E-state index contributed by atoms with van der Waals surface area (Å²) in [7, 11) is 0. The Balaban J connectivity index is 1.46. The molecule has 26 heavy (non-hydrogen) atoms. The highest BCUT2D eigenvalue weighted by molar-refractivity contribution is 5.80. The molecule has 3 aliphatic heterocycles. The van der Waals surface area contributed by atoms with Gasteiger partial charge < -0.3 is 14.5 Å². The van der Waals surface area contributed by atoms with Crippen molar-refractivity contribution in [2.24, 2.45) is 5.92 Å². The Kier molecular flexibility index (Phi) is 4.98. The summed E-state index contributed by atoms with van der Waals surface area (Å²) in [5, 5.41) is 0. The lowest BCUT2D eigenvalue weighted by Gasteiger charge is -2.38. The van der Waals surface area contributed by atoms with Crippen LogP contribution in [0, 0.1) is 5.92 Å². The van der Waals surface area contributed by atoms with E-state index in [4.69, 9.17) is 4.74 Å². The van der Waals surface area contributed by atoms with Crippen LogP contribution in [0.3, 0.4) is 0 Å². The van der Waals surface area contributed by atoms with Crippen molar-refractivity contribution in [3.63, 3.8) is 0 Å². The number of carbonyl (C=O) groups is 2. The SMILES string of the molecule is O=C([C@H]1CCOC1)N1CCC[C@]2(CCC(=O)N2Cc2ccccc2)CC1. The number of benzene rings is 1. The van der Waals surface area contributed by atoms with Crippen LogP contribution in [0.4, 0.5) is 0 Å². The van der Waals surface area contributed by atoms with E-state index in [0.29, 0.717) is 26.2 Å². The smallest absolute Gasteiger partial charge is 0.228 e. The van der Waals surface area contributed by atoms with Crippen LogP contribution >= 0.6 is 0 Å². The molecule has 1 aromatic rings. The van der Waals surface area contributed by atoms with Gasteiger partial charge in [0, 0.05) is 38.2 Å². The third-order valence-corrected chi connectivity index (χ3v) is 6.37. The molecular weight excluding hydrogens is 328 g/mol. The summed E-state index contributed by atoms with van der Waals surface area (Å²) in [4.78, 5) is 29.5. The van der Waals surface area contributed by atoms with Crippen LogP contribution in [0.2, 0.25) is 0 Å². The molecule has 0 N–H and O–H groups in total. The second-order valence-electron chi connectivity index (χ2n) is 7.93. The van der Waals surface area contributed by atoms with Gasteiger partial charge in [-0.15, -0.1) is 0 Å². The first-order valence-electron chi connectivity index (χ1n) is 9.89. The summed E-state index contributed by atoms with van der Waals surface area (Å²) in [6.45, 7) is 3.52. The molecule has 1 spiro atoms. The second kappa shape index (κ2) is 7.39. The monoisotopic (exact) mass is 356 g/mol. The van der Waals surface area contributed by atoms with Crippen LogP contribution in [0.1, 0.15) is 44.1 Å². The van der Waals surface area contributed by atoms with Gasteiger partial charge in [-0.25, -0.2) is 0 Å². The van der Waals surface area contributed by atoms with Crippen molar-refractivity contribution in [1.82, 2.24) is 9.80 Å². The first kappa shape index (κ1) is 17.5. The predicted molar refractivity (Wildman–Crippen MR) is 98.3 cm³/mol. The molecule has 3 saturated heterocycles. The Morgan fingerprint density at radius 1 is 1.15 bits per heavy atom. The fourth-order valence-electron chi connectivity index (χ4n) is 4.80. The van der Waals surface area contributed by atoms with Crippen LogP contribution in [0.15, 0.2) is 30.3 Å². The van der Waals surface area contributed by atoms with Gasteiger partial charge >= 0.3 is 0 Å². The van der Waals surface area contributed by atoms with Crippen LogP contribution in [0.5, 0.6) is 0 Å². The maximum atomic E-state index is 12.8. The highest BCUT2D eigenvalue weighted by Crippen LogP contribution is 2.40. The number of likely N-dealkylation sites (tertiary alicyclic amines) is 2. The molecule has 0 aliphatic carbocycles. The normalized spacial score (nSPS) is 29.4. The minimum atomic E-state index is -0.0753. The van der Waals surface area contributed by atoms with Gasteiger partial charge in [-0.1, -0.05) is 30.3 Å². The third-order valence-electron chi connectivity index (χ3n) is 6.37. The number of nitrogens with zero attached hydrogens (tertiary/aromatic N) is 2. The van der Waals surface area contributed by atoms with Crippen molar-refractivity contribution >= 4 is 11.8 Å². The number of hydrogen-bond acceptors (Lipinski definition) is 3. The van der Waals surface area contributed by atoms with Gasteiger partial charge in [-0.3, -0.25) is 9.59 Å². The molecule has 1 aromatic carbocycles. The van der Waals surface area contributed by atoms with E-state index >= 15 is 0 Å². The van der Waals surface area contributed by atoms with Gasteiger partial charge in [0.15, 0.2) is 0 Å². The van der Waals surface area contributed by atoms with Crippen molar-refractivity contribution in [1.29, 1.82) is 0 Å². The summed E-state index contributed by atoms with van der Waals surface area (Å²) in [6, 6.07) is 10.2. The number of rotatable bonds is 3. The van der Waals surface area contributed by atoms with Gasteiger partial charge in [-0.05, 0) is 37.7 Å². The van der Waals surface area contributed by atoms with E-state index in [1.807, 2.05) is 23.1 Å². The molecule has 4 rings (SSSR count). The van der Waals surface area contributed by atoms with Crippen molar-refractivity contribution < 1.29 is 14.3 Å². The first-order chi connectivity index (χ1) is 12.7. The van der Waals surface area contributed by atoms with Crippen LogP contribution in [-0.2, 0) is 20.9 Å². The summed E-state index contributed by atoms with van der Waals surface area (Å²) < 4.78 is 5.39. The molecule has 3 fully saturated rings. The van der Waals surface area contributed by atoms with Crippen LogP contribution in [-0.4, -0.2) is 53.5 Å². The topological polar surface area (TPSA) is 49.9 Å². The van der Waals surface area contributed by atoms with Crippen LogP contribution in [0.25, 0.3) is 0 Å². The lowest BCUT2D eigenvalue weighted by molar-refractivity contribution is -0.135. The third kappa shape index (κ3) is 3.37. The standard InChI is InChI=1S/C21H28N2O3/c24-19-7-10-21(23(19)15-17-5-2-1-3-6-17)9-4-12-22(13-11-21)20(25)18-8-14-26-16-18/h1-3,5-6,18H,4,7-16H2/t18-,21-/m0/s1. The first-order valence-corrected chi connectivity index (χ1v) is 9.89. The van der Waals surface area contributed by atoms with E-state index in [1.165, 1.54) is 5.56 Å². The number of carbonyl (C=O) groups excluding carboxylic acids is 2. The number of amides is 2.